The number of carbonyl (C=O) groups excluding carboxylic acids is 2. The van der Waals surface area contributed by atoms with Crippen molar-refractivity contribution in [1.29, 1.82) is 0 Å². The van der Waals surface area contributed by atoms with Crippen LogP contribution >= 0.6 is 0 Å². The van der Waals surface area contributed by atoms with Gasteiger partial charge in [0.05, 0.1) is 23.7 Å². The standard InChI is InChI=1S/C15H23NO3.C14H25NO3/c1-9(2)4-3-7-16-14(17)12-10-5-6-11(8-10)13(12)15(18)19;1-10(2)6-5-9-15-13(16)11-7-3-4-8-12(11)14(17)18/h5-6,9-13H,3-4,7-8H2,1-2H3,(H,16,17)(H,18,19);10-12H,3-9H2,1-2H3,(H,15,16)(H,17,18). The molecule has 4 N–H and O–H groups in total. The molecule has 8 nitrogen and oxygen atoms in total. The summed E-state index contributed by atoms with van der Waals surface area (Å²) in [6.45, 7) is 9.94. The second kappa shape index (κ2) is 15.1. The molecule has 37 heavy (non-hydrogen) atoms. The lowest BCUT2D eigenvalue weighted by Crippen LogP contribution is -2.40. The highest BCUT2D eigenvalue weighted by atomic mass is 16.4. The van der Waals surface area contributed by atoms with Crippen molar-refractivity contribution in [3.8, 4) is 0 Å². The molecule has 8 heteroatoms. The number of hydrogen-bond acceptors (Lipinski definition) is 4. The minimum absolute atomic E-state index is 0.0499. The summed E-state index contributed by atoms with van der Waals surface area (Å²) in [5.74, 6) is -2.05. The van der Waals surface area contributed by atoms with Crippen LogP contribution in [0.15, 0.2) is 12.2 Å². The van der Waals surface area contributed by atoms with Gasteiger partial charge in [0.2, 0.25) is 11.8 Å². The van der Waals surface area contributed by atoms with Crippen LogP contribution in [-0.4, -0.2) is 47.1 Å². The third-order valence-electron chi connectivity index (χ3n) is 7.98. The summed E-state index contributed by atoms with van der Waals surface area (Å²) in [7, 11) is 0. The highest BCUT2D eigenvalue weighted by Crippen LogP contribution is 2.48. The zero-order valence-electron chi connectivity index (χ0n) is 23.1. The molecule has 3 aliphatic rings. The highest BCUT2D eigenvalue weighted by molar-refractivity contribution is 5.87. The van der Waals surface area contributed by atoms with Gasteiger partial charge in [-0.3, -0.25) is 19.2 Å². The summed E-state index contributed by atoms with van der Waals surface area (Å²) in [5.41, 5.74) is 0. The molecule has 6 atom stereocenters. The van der Waals surface area contributed by atoms with Crippen molar-refractivity contribution in [2.24, 2.45) is 47.3 Å². The van der Waals surface area contributed by atoms with Crippen molar-refractivity contribution in [3.05, 3.63) is 12.2 Å². The quantitative estimate of drug-likeness (QED) is 0.221. The molecule has 0 aliphatic heterocycles. The molecule has 0 saturated heterocycles. The molecule has 3 aliphatic carbocycles. The van der Waals surface area contributed by atoms with Crippen molar-refractivity contribution in [1.82, 2.24) is 10.6 Å². The first-order valence-corrected chi connectivity index (χ1v) is 14.2. The average molecular weight is 521 g/mol. The van der Waals surface area contributed by atoms with Gasteiger partial charge in [0.25, 0.3) is 0 Å². The van der Waals surface area contributed by atoms with E-state index < -0.39 is 23.8 Å². The maximum atomic E-state index is 12.2. The number of aliphatic carboxylic acids is 2. The monoisotopic (exact) mass is 520 g/mol. The third kappa shape index (κ3) is 9.46. The lowest BCUT2D eigenvalue weighted by atomic mass is 9.78. The summed E-state index contributed by atoms with van der Waals surface area (Å²) < 4.78 is 0. The van der Waals surface area contributed by atoms with Gasteiger partial charge in [0, 0.05) is 13.1 Å². The normalized spacial score (nSPS) is 28.1. The van der Waals surface area contributed by atoms with E-state index >= 15 is 0 Å². The van der Waals surface area contributed by atoms with E-state index in [-0.39, 0.29) is 35.5 Å². The van der Waals surface area contributed by atoms with Gasteiger partial charge >= 0.3 is 11.9 Å². The first-order valence-electron chi connectivity index (χ1n) is 14.2. The van der Waals surface area contributed by atoms with Crippen LogP contribution in [0.3, 0.4) is 0 Å². The number of nitrogens with one attached hydrogen (secondary N) is 2. The second-order valence-electron chi connectivity index (χ2n) is 11.8. The molecule has 0 aromatic carbocycles. The molecule has 0 spiro atoms. The van der Waals surface area contributed by atoms with Gasteiger partial charge in [-0.2, -0.15) is 0 Å². The Morgan fingerprint density at radius 2 is 1.22 bits per heavy atom. The first-order chi connectivity index (χ1) is 17.5. The van der Waals surface area contributed by atoms with Crippen LogP contribution in [0.2, 0.25) is 0 Å². The van der Waals surface area contributed by atoms with Crippen LogP contribution in [0.1, 0.15) is 85.5 Å². The zero-order valence-corrected chi connectivity index (χ0v) is 23.1. The minimum atomic E-state index is -0.834. The number of fused-ring (bicyclic) bond motifs is 2. The Balaban J connectivity index is 0.000000261. The molecule has 2 fully saturated rings. The first kappa shape index (κ1) is 30.8. The molecule has 0 aromatic rings. The molecule has 210 valence electrons. The number of amides is 2. The number of rotatable bonds is 12. The number of carboxylic acid groups (broad SMARTS) is 2. The van der Waals surface area contributed by atoms with Crippen LogP contribution in [0, 0.1) is 47.3 Å². The summed E-state index contributed by atoms with van der Waals surface area (Å²) >= 11 is 0. The summed E-state index contributed by atoms with van der Waals surface area (Å²) in [6.07, 6.45) is 12.1. The van der Waals surface area contributed by atoms with Gasteiger partial charge in [0.1, 0.15) is 0 Å². The lowest BCUT2D eigenvalue weighted by Gasteiger charge is -2.27. The van der Waals surface area contributed by atoms with Gasteiger partial charge < -0.3 is 20.8 Å². The van der Waals surface area contributed by atoms with Crippen LogP contribution in [0.5, 0.6) is 0 Å². The maximum Gasteiger partial charge on any atom is 0.307 e. The largest absolute Gasteiger partial charge is 0.481 e. The van der Waals surface area contributed by atoms with Gasteiger partial charge in [0.15, 0.2) is 0 Å². The molecule has 0 heterocycles. The molecular formula is C29H48N2O6. The van der Waals surface area contributed by atoms with E-state index in [0.717, 1.165) is 44.9 Å². The second-order valence-corrected chi connectivity index (χ2v) is 11.8. The Kier molecular flexibility index (Phi) is 12.6. The maximum absolute atomic E-state index is 12.2. The Bertz CT molecular complexity index is 808. The highest BCUT2D eigenvalue weighted by Gasteiger charge is 2.51. The average Bonchev–Trinajstić information content (AvgIpc) is 3.46. The van der Waals surface area contributed by atoms with Gasteiger partial charge in [-0.05, 0) is 68.6 Å². The van der Waals surface area contributed by atoms with E-state index in [0.29, 0.717) is 37.8 Å². The minimum Gasteiger partial charge on any atom is -0.481 e. The molecule has 6 unspecified atom stereocenters. The van der Waals surface area contributed by atoms with Crippen LogP contribution in [0.25, 0.3) is 0 Å². The smallest absolute Gasteiger partial charge is 0.307 e. The van der Waals surface area contributed by atoms with Crippen LogP contribution in [-0.2, 0) is 19.2 Å². The fraction of sp³-hybridized carbons (Fsp3) is 0.793. The predicted octanol–water partition coefficient (Wildman–Crippen LogP) is 4.49. The molecule has 2 saturated carbocycles. The number of hydrogen-bond donors (Lipinski definition) is 4. The molecule has 0 radical (unpaired) electrons. The van der Waals surface area contributed by atoms with Crippen molar-refractivity contribution in [2.45, 2.75) is 85.5 Å². The van der Waals surface area contributed by atoms with E-state index in [1.54, 1.807) is 0 Å². The van der Waals surface area contributed by atoms with E-state index in [2.05, 4.69) is 38.3 Å². The Labute approximate surface area is 222 Å². The Hall–Kier alpha value is -2.38. The van der Waals surface area contributed by atoms with E-state index in [1.807, 2.05) is 12.2 Å². The van der Waals surface area contributed by atoms with E-state index in [1.165, 1.54) is 0 Å². The third-order valence-corrected chi connectivity index (χ3v) is 7.98. The number of carbonyl (C=O) groups is 4. The van der Waals surface area contributed by atoms with Gasteiger partial charge in [-0.1, -0.05) is 52.7 Å². The molecule has 3 rings (SSSR count). The molecule has 2 amide bonds. The zero-order chi connectivity index (χ0) is 27.5. The molecular weight excluding hydrogens is 472 g/mol. The lowest BCUT2D eigenvalue weighted by molar-refractivity contribution is -0.149. The Morgan fingerprint density at radius 3 is 1.70 bits per heavy atom. The summed E-state index contributed by atoms with van der Waals surface area (Å²) in [4.78, 5) is 46.6. The fourth-order valence-electron chi connectivity index (χ4n) is 5.95. The summed E-state index contributed by atoms with van der Waals surface area (Å²) in [5, 5.41) is 24.2. The predicted molar refractivity (Wildman–Crippen MR) is 143 cm³/mol. The molecule has 2 bridgehead atoms. The van der Waals surface area contributed by atoms with Gasteiger partial charge in [-0.25, -0.2) is 0 Å². The number of carboxylic acids is 2. The fourth-order valence-corrected chi connectivity index (χ4v) is 5.95. The van der Waals surface area contributed by atoms with Crippen molar-refractivity contribution in [3.63, 3.8) is 0 Å². The van der Waals surface area contributed by atoms with E-state index in [9.17, 15) is 24.3 Å². The number of allylic oxidation sites excluding steroid dienone is 2. The van der Waals surface area contributed by atoms with Crippen LogP contribution in [0.4, 0.5) is 0 Å². The van der Waals surface area contributed by atoms with Crippen molar-refractivity contribution >= 4 is 23.8 Å². The van der Waals surface area contributed by atoms with Crippen molar-refractivity contribution in [2.75, 3.05) is 13.1 Å². The van der Waals surface area contributed by atoms with Crippen molar-refractivity contribution < 1.29 is 29.4 Å². The Morgan fingerprint density at radius 1 is 0.730 bits per heavy atom. The van der Waals surface area contributed by atoms with Crippen LogP contribution < -0.4 is 10.6 Å². The van der Waals surface area contributed by atoms with E-state index in [4.69, 9.17) is 5.11 Å². The molecule has 0 aromatic heterocycles. The van der Waals surface area contributed by atoms with Gasteiger partial charge in [-0.15, -0.1) is 0 Å². The SMILES string of the molecule is CC(C)CCCNC(=O)C1C2C=CC(C2)C1C(=O)O.CC(C)CCCNC(=O)C1CCCCC1C(=O)O. The topological polar surface area (TPSA) is 133 Å². The summed E-state index contributed by atoms with van der Waals surface area (Å²) in [6, 6.07) is 0.